The normalized spacial score (nSPS) is 11.3. The van der Waals surface area contributed by atoms with Gasteiger partial charge in [-0.3, -0.25) is 9.69 Å². The third kappa shape index (κ3) is 3.23. The first kappa shape index (κ1) is 15.6. The van der Waals surface area contributed by atoms with E-state index in [0.717, 1.165) is 0 Å². The number of phenols is 1. The van der Waals surface area contributed by atoms with Crippen LogP contribution >= 0.6 is 11.6 Å². The minimum atomic E-state index is -0.292. The molecule has 4 nitrogen and oxygen atoms in total. The Bertz CT molecular complexity index is 890. The second-order valence-electron chi connectivity index (χ2n) is 5.51. The van der Waals surface area contributed by atoms with Gasteiger partial charge in [-0.1, -0.05) is 41.9 Å². The van der Waals surface area contributed by atoms with E-state index in [1.165, 1.54) is 24.0 Å². The van der Waals surface area contributed by atoms with Crippen LogP contribution in [0.1, 0.15) is 11.1 Å². The van der Waals surface area contributed by atoms with Crippen LogP contribution in [0.4, 0.5) is 0 Å². The lowest BCUT2D eigenvalue weighted by Crippen LogP contribution is -2.18. The van der Waals surface area contributed by atoms with Crippen LogP contribution in [0.5, 0.6) is 5.75 Å². The van der Waals surface area contributed by atoms with Crippen molar-refractivity contribution in [3.05, 3.63) is 75.1 Å². The molecule has 0 amide bonds. The highest BCUT2D eigenvalue weighted by Gasteiger charge is 2.15. The summed E-state index contributed by atoms with van der Waals surface area (Å²) in [5, 5.41) is 10.6. The summed E-state index contributed by atoms with van der Waals surface area (Å²) in [6.07, 6.45) is 1.21. The number of halogens is 1. The number of nitrogens with zero attached hydrogens (tertiary/aromatic N) is 1. The van der Waals surface area contributed by atoms with E-state index in [-0.39, 0.29) is 16.2 Å². The zero-order chi connectivity index (χ0) is 16.4. The minimum absolute atomic E-state index is 0.0341. The second kappa shape index (κ2) is 6.44. The fraction of sp³-hybridized carbons (Fsp3) is 0.167. The summed E-state index contributed by atoms with van der Waals surface area (Å²) in [6, 6.07) is 13.1. The van der Waals surface area contributed by atoms with Crippen molar-refractivity contribution in [3.63, 3.8) is 0 Å². The van der Waals surface area contributed by atoms with Crippen molar-refractivity contribution in [1.82, 2.24) is 4.90 Å². The molecule has 0 bridgehead atoms. The molecule has 0 spiro atoms. The highest BCUT2D eigenvalue weighted by Crippen LogP contribution is 2.28. The minimum Gasteiger partial charge on any atom is -0.507 e. The van der Waals surface area contributed by atoms with Gasteiger partial charge in [-0.15, -0.1) is 0 Å². The first-order valence-corrected chi connectivity index (χ1v) is 7.58. The first-order chi connectivity index (χ1) is 11.1. The van der Waals surface area contributed by atoms with Crippen LogP contribution < -0.4 is 5.43 Å². The number of phenolic OH excluding ortho intramolecular Hbond substituents is 1. The lowest BCUT2D eigenvalue weighted by molar-refractivity contribution is 0.312. The molecule has 118 valence electrons. The van der Waals surface area contributed by atoms with Gasteiger partial charge in [0.05, 0.1) is 10.9 Å². The van der Waals surface area contributed by atoms with Gasteiger partial charge in [-0.05, 0) is 24.7 Å². The lowest BCUT2D eigenvalue weighted by Gasteiger charge is -2.18. The summed E-state index contributed by atoms with van der Waals surface area (Å²) in [5.41, 5.74) is 1.83. The average molecular weight is 330 g/mol. The Morgan fingerprint density at radius 2 is 1.87 bits per heavy atom. The second-order valence-corrected chi connectivity index (χ2v) is 5.92. The molecule has 0 atom stereocenters. The van der Waals surface area contributed by atoms with Crippen molar-refractivity contribution in [1.29, 1.82) is 0 Å². The fourth-order valence-corrected chi connectivity index (χ4v) is 2.74. The summed E-state index contributed by atoms with van der Waals surface area (Å²) in [6.45, 7) is 1.16. The molecule has 5 heteroatoms. The zero-order valence-electron chi connectivity index (χ0n) is 12.6. The number of hydrogen-bond acceptors (Lipinski definition) is 4. The molecule has 0 unspecified atom stereocenters. The third-order valence-corrected chi connectivity index (χ3v) is 3.96. The van der Waals surface area contributed by atoms with Crippen molar-refractivity contribution >= 4 is 22.6 Å². The van der Waals surface area contributed by atoms with Crippen LogP contribution in [0.25, 0.3) is 11.0 Å². The van der Waals surface area contributed by atoms with Gasteiger partial charge in [0, 0.05) is 13.1 Å². The predicted octanol–water partition coefficient (Wildman–Crippen LogP) is 3.78. The molecule has 0 saturated heterocycles. The maximum Gasteiger partial charge on any atom is 0.211 e. The highest BCUT2D eigenvalue weighted by atomic mass is 35.5. The average Bonchev–Trinajstić information content (AvgIpc) is 2.54. The van der Waals surface area contributed by atoms with Crippen LogP contribution in [0.2, 0.25) is 5.02 Å². The smallest absolute Gasteiger partial charge is 0.211 e. The summed E-state index contributed by atoms with van der Waals surface area (Å²) in [7, 11) is 1.94. The molecule has 1 heterocycles. The van der Waals surface area contributed by atoms with Crippen LogP contribution in [-0.2, 0) is 13.1 Å². The molecule has 2 aromatic carbocycles. The molecular formula is C18H16ClNO3. The maximum absolute atomic E-state index is 12.1. The molecule has 3 aromatic rings. The number of fused-ring (bicyclic) bond motifs is 1. The first-order valence-electron chi connectivity index (χ1n) is 7.20. The van der Waals surface area contributed by atoms with Crippen molar-refractivity contribution in [3.8, 4) is 5.75 Å². The van der Waals surface area contributed by atoms with Crippen molar-refractivity contribution in [2.24, 2.45) is 0 Å². The topological polar surface area (TPSA) is 53.7 Å². The summed E-state index contributed by atoms with van der Waals surface area (Å²) in [4.78, 5) is 14.1. The highest BCUT2D eigenvalue weighted by molar-refractivity contribution is 6.30. The van der Waals surface area contributed by atoms with Gasteiger partial charge in [-0.25, -0.2) is 0 Å². The molecule has 0 aliphatic carbocycles. The maximum atomic E-state index is 12.1. The number of aromatic hydroxyl groups is 1. The van der Waals surface area contributed by atoms with Gasteiger partial charge >= 0.3 is 0 Å². The molecule has 0 saturated carbocycles. The molecule has 3 rings (SSSR count). The SMILES string of the molecule is CN(Cc1ccccc1)Cc1c(O)ccc2c(=O)c(Cl)coc12. The van der Waals surface area contributed by atoms with Crippen molar-refractivity contribution in [2.75, 3.05) is 7.05 Å². The van der Waals surface area contributed by atoms with Gasteiger partial charge < -0.3 is 9.52 Å². The van der Waals surface area contributed by atoms with Gasteiger partial charge in [0.2, 0.25) is 5.43 Å². The number of benzene rings is 2. The molecule has 0 aliphatic rings. The summed E-state index contributed by atoms with van der Waals surface area (Å²) < 4.78 is 5.47. The Balaban J connectivity index is 1.95. The molecule has 0 aliphatic heterocycles. The van der Waals surface area contributed by atoms with Crippen LogP contribution in [-0.4, -0.2) is 17.1 Å². The lowest BCUT2D eigenvalue weighted by atomic mass is 10.1. The zero-order valence-corrected chi connectivity index (χ0v) is 13.4. The largest absolute Gasteiger partial charge is 0.507 e. The Labute approximate surface area is 138 Å². The molecule has 23 heavy (non-hydrogen) atoms. The van der Waals surface area contributed by atoms with E-state index in [2.05, 4.69) is 0 Å². The van der Waals surface area contributed by atoms with Crippen molar-refractivity contribution in [2.45, 2.75) is 13.1 Å². The quantitative estimate of drug-likeness (QED) is 0.791. The number of hydrogen-bond donors (Lipinski definition) is 1. The fourth-order valence-electron chi connectivity index (χ4n) is 2.60. The van der Waals surface area contributed by atoms with Crippen molar-refractivity contribution < 1.29 is 9.52 Å². The van der Waals surface area contributed by atoms with Gasteiger partial charge in [0.25, 0.3) is 0 Å². The van der Waals surface area contributed by atoms with Crippen LogP contribution in [0, 0.1) is 0 Å². The summed E-state index contributed by atoms with van der Waals surface area (Å²) >= 11 is 5.81. The van der Waals surface area contributed by atoms with E-state index in [1.54, 1.807) is 0 Å². The van der Waals surface area contributed by atoms with E-state index >= 15 is 0 Å². The Kier molecular flexibility index (Phi) is 4.37. The standard InChI is InChI=1S/C18H16ClNO3/c1-20(9-12-5-3-2-4-6-12)10-14-16(21)8-7-13-17(22)15(19)11-23-18(13)14/h2-8,11,21H,9-10H2,1H3. The third-order valence-electron chi connectivity index (χ3n) is 3.70. The Morgan fingerprint density at radius 1 is 1.13 bits per heavy atom. The van der Waals surface area contributed by atoms with E-state index in [0.29, 0.717) is 29.6 Å². The van der Waals surface area contributed by atoms with E-state index in [9.17, 15) is 9.90 Å². The summed E-state index contributed by atoms with van der Waals surface area (Å²) in [5.74, 6) is 0.0999. The molecule has 0 radical (unpaired) electrons. The molecule has 1 aromatic heterocycles. The van der Waals surface area contributed by atoms with Gasteiger partial charge in [0.15, 0.2) is 0 Å². The molecular weight excluding hydrogens is 314 g/mol. The Morgan fingerprint density at radius 3 is 2.61 bits per heavy atom. The van der Waals surface area contributed by atoms with Gasteiger partial charge in [-0.2, -0.15) is 0 Å². The number of rotatable bonds is 4. The van der Waals surface area contributed by atoms with Crippen LogP contribution in [0.3, 0.4) is 0 Å². The van der Waals surface area contributed by atoms with Crippen LogP contribution in [0.15, 0.2) is 57.9 Å². The molecule has 0 fully saturated rings. The Hall–Kier alpha value is -2.30. The predicted molar refractivity (Wildman–Crippen MR) is 90.8 cm³/mol. The van der Waals surface area contributed by atoms with E-state index < -0.39 is 0 Å². The van der Waals surface area contributed by atoms with E-state index in [4.69, 9.17) is 16.0 Å². The monoisotopic (exact) mass is 329 g/mol. The van der Waals surface area contributed by atoms with Gasteiger partial charge in [0.1, 0.15) is 22.6 Å². The van der Waals surface area contributed by atoms with E-state index in [1.807, 2.05) is 42.3 Å². The molecule has 1 N–H and O–H groups in total.